The van der Waals surface area contributed by atoms with Crippen LogP contribution in [0.4, 0.5) is 0 Å². The molecule has 3 nitrogen and oxygen atoms in total. The molecule has 3 aromatic carbocycles. The van der Waals surface area contributed by atoms with Gasteiger partial charge in [0.1, 0.15) is 5.41 Å². The van der Waals surface area contributed by atoms with Gasteiger partial charge in [0, 0.05) is 11.8 Å². The van der Waals surface area contributed by atoms with Crippen LogP contribution in [-0.4, -0.2) is 16.7 Å². The van der Waals surface area contributed by atoms with Crippen LogP contribution in [0.3, 0.4) is 0 Å². The molecular weight excluding hydrogens is 418 g/mol. The zero-order chi connectivity index (χ0) is 23.7. The van der Waals surface area contributed by atoms with Gasteiger partial charge in [-0.3, -0.25) is 14.5 Å². The van der Waals surface area contributed by atoms with Gasteiger partial charge in [-0.15, -0.1) is 0 Å². The molecule has 34 heavy (non-hydrogen) atoms. The van der Waals surface area contributed by atoms with E-state index in [4.69, 9.17) is 0 Å². The summed E-state index contributed by atoms with van der Waals surface area (Å²) in [6.07, 6.45) is 4.22. The van der Waals surface area contributed by atoms with Crippen molar-refractivity contribution in [3.63, 3.8) is 0 Å². The van der Waals surface area contributed by atoms with Crippen molar-refractivity contribution in [3.05, 3.63) is 119 Å². The van der Waals surface area contributed by atoms with Crippen molar-refractivity contribution in [2.45, 2.75) is 50.0 Å². The first-order valence-electron chi connectivity index (χ1n) is 12.1. The summed E-state index contributed by atoms with van der Waals surface area (Å²) in [5.74, 6) is -0.552. The second-order valence-electron chi connectivity index (χ2n) is 10.9. The Bertz CT molecular complexity index is 1320. The molecule has 1 aliphatic heterocycles. The molecule has 0 unspecified atom stereocenters. The minimum absolute atomic E-state index is 0.0531. The fourth-order valence-corrected chi connectivity index (χ4v) is 6.37. The summed E-state index contributed by atoms with van der Waals surface area (Å²) in [7, 11) is 0. The molecular formula is C31H29NO2. The van der Waals surface area contributed by atoms with E-state index >= 15 is 0 Å². The summed E-state index contributed by atoms with van der Waals surface area (Å²) in [6, 6.07) is 26.7. The van der Waals surface area contributed by atoms with E-state index < -0.39 is 11.3 Å². The smallest absolute Gasteiger partial charge is 0.244 e. The maximum absolute atomic E-state index is 14.1. The summed E-state index contributed by atoms with van der Waals surface area (Å²) in [6.45, 7) is 6.94. The van der Waals surface area contributed by atoms with E-state index in [1.165, 1.54) is 16.0 Å². The van der Waals surface area contributed by atoms with Gasteiger partial charge >= 0.3 is 0 Å². The zero-order valence-corrected chi connectivity index (χ0v) is 19.9. The first-order chi connectivity index (χ1) is 16.3. The van der Waals surface area contributed by atoms with Crippen LogP contribution in [0.15, 0.2) is 91.0 Å². The second-order valence-corrected chi connectivity index (χ2v) is 10.9. The monoisotopic (exact) mass is 447 g/mol. The van der Waals surface area contributed by atoms with Crippen molar-refractivity contribution in [1.29, 1.82) is 0 Å². The second kappa shape index (κ2) is 7.27. The highest BCUT2D eigenvalue weighted by atomic mass is 16.2. The highest BCUT2D eigenvalue weighted by molar-refractivity contribution is 6.13. The van der Waals surface area contributed by atoms with Gasteiger partial charge in [0.2, 0.25) is 11.8 Å². The molecule has 2 amide bonds. The van der Waals surface area contributed by atoms with Crippen molar-refractivity contribution < 1.29 is 9.59 Å². The van der Waals surface area contributed by atoms with Crippen molar-refractivity contribution in [1.82, 2.24) is 4.90 Å². The molecule has 0 N–H and O–H groups in total. The van der Waals surface area contributed by atoms with Crippen molar-refractivity contribution in [2.24, 2.45) is 5.92 Å². The van der Waals surface area contributed by atoms with Crippen LogP contribution in [-0.2, 0) is 27.0 Å². The Labute approximate surface area is 201 Å². The molecule has 3 heteroatoms. The van der Waals surface area contributed by atoms with Gasteiger partial charge in [-0.2, -0.15) is 0 Å². The van der Waals surface area contributed by atoms with Crippen LogP contribution in [0.1, 0.15) is 60.4 Å². The molecule has 4 atom stereocenters. The standard InChI is InChI=1S/C31H29NO2/c1-30(2,3)22-15-13-21(14-16-22)26-24-17-18-31(25-12-8-7-11-23(24)25)27(26)28(33)32(29(31)34)19-20-9-5-4-6-10-20/h4-18,24,26-27H,19H2,1-3H3/t24-,26+,27+,31-/m0/s1. The molecule has 0 radical (unpaired) electrons. The number of benzene rings is 3. The third-order valence-corrected chi connectivity index (χ3v) is 8.04. The lowest BCUT2D eigenvalue weighted by Gasteiger charge is -2.48. The summed E-state index contributed by atoms with van der Waals surface area (Å²) < 4.78 is 0. The molecule has 3 aliphatic carbocycles. The third-order valence-electron chi connectivity index (χ3n) is 8.04. The SMILES string of the molecule is CC(C)(C)c1ccc([C@@H]2[C@H]3C=C[C@]4(C(=O)N(Cc5ccccc5)C(=O)[C@@H]24)c2ccccc23)cc1. The number of hydrogen-bond donors (Lipinski definition) is 0. The molecule has 3 aromatic rings. The van der Waals surface area contributed by atoms with Gasteiger partial charge in [0.15, 0.2) is 0 Å². The van der Waals surface area contributed by atoms with Crippen LogP contribution in [0.5, 0.6) is 0 Å². The molecule has 0 saturated carbocycles. The minimum atomic E-state index is -0.926. The third kappa shape index (κ3) is 2.82. The summed E-state index contributed by atoms with van der Waals surface area (Å²) >= 11 is 0. The van der Waals surface area contributed by atoms with E-state index in [9.17, 15) is 9.59 Å². The molecule has 4 aliphatic rings. The van der Waals surface area contributed by atoms with E-state index in [1.54, 1.807) is 0 Å². The van der Waals surface area contributed by atoms with Crippen molar-refractivity contribution in [2.75, 3.05) is 0 Å². The predicted molar refractivity (Wildman–Crippen MR) is 133 cm³/mol. The van der Waals surface area contributed by atoms with E-state index in [-0.39, 0.29) is 29.1 Å². The summed E-state index contributed by atoms with van der Waals surface area (Å²) in [5, 5.41) is 0. The lowest BCUT2D eigenvalue weighted by Crippen LogP contribution is -2.49. The Hall–Kier alpha value is -3.46. The van der Waals surface area contributed by atoms with Crippen molar-refractivity contribution in [3.8, 4) is 0 Å². The molecule has 1 saturated heterocycles. The van der Waals surface area contributed by atoms with E-state index in [0.717, 1.165) is 16.7 Å². The van der Waals surface area contributed by atoms with Gasteiger partial charge in [0.25, 0.3) is 0 Å². The first kappa shape index (κ1) is 21.1. The van der Waals surface area contributed by atoms with Crippen LogP contribution in [0.2, 0.25) is 0 Å². The number of imide groups is 1. The zero-order valence-electron chi connectivity index (χ0n) is 19.9. The number of hydrogen-bond acceptors (Lipinski definition) is 2. The first-order valence-corrected chi connectivity index (χ1v) is 12.1. The molecule has 1 spiro atoms. The van der Waals surface area contributed by atoms with Gasteiger partial charge in [-0.25, -0.2) is 0 Å². The number of amides is 2. The Morgan fingerprint density at radius 1 is 0.853 bits per heavy atom. The summed E-state index contributed by atoms with van der Waals surface area (Å²) in [5.41, 5.74) is 4.68. The van der Waals surface area contributed by atoms with Crippen LogP contribution >= 0.6 is 0 Å². The van der Waals surface area contributed by atoms with Crippen LogP contribution in [0.25, 0.3) is 0 Å². The Balaban J connectivity index is 1.50. The highest BCUT2D eigenvalue weighted by Gasteiger charge is 2.67. The van der Waals surface area contributed by atoms with E-state index in [0.29, 0.717) is 6.54 Å². The molecule has 2 bridgehead atoms. The average Bonchev–Trinajstić information content (AvgIpc) is 3.07. The molecule has 1 heterocycles. The number of nitrogens with zero attached hydrogens (tertiary/aromatic N) is 1. The maximum Gasteiger partial charge on any atom is 0.244 e. The number of rotatable bonds is 3. The van der Waals surface area contributed by atoms with Crippen LogP contribution in [0, 0.1) is 5.92 Å². The number of likely N-dealkylation sites (tertiary alicyclic amines) is 1. The van der Waals surface area contributed by atoms with E-state index in [2.05, 4.69) is 63.2 Å². The van der Waals surface area contributed by atoms with E-state index in [1.807, 2.05) is 48.5 Å². The van der Waals surface area contributed by atoms with Gasteiger partial charge in [-0.1, -0.05) is 112 Å². The largest absolute Gasteiger partial charge is 0.277 e. The molecule has 0 aromatic heterocycles. The number of carbonyl (C=O) groups is 2. The quantitative estimate of drug-likeness (QED) is 0.373. The Morgan fingerprint density at radius 2 is 1.53 bits per heavy atom. The number of carbonyl (C=O) groups excluding carboxylic acids is 2. The average molecular weight is 448 g/mol. The van der Waals surface area contributed by atoms with Gasteiger partial charge in [0.05, 0.1) is 12.5 Å². The van der Waals surface area contributed by atoms with Crippen LogP contribution < -0.4 is 0 Å². The molecule has 1 fully saturated rings. The summed E-state index contributed by atoms with van der Waals surface area (Å²) in [4.78, 5) is 29.6. The lowest BCUT2D eigenvalue weighted by molar-refractivity contribution is -0.140. The Morgan fingerprint density at radius 3 is 2.24 bits per heavy atom. The molecule has 7 rings (SSSR count). The topological polar surface area (TPSA) is 37.4 Å². The van der Waals surface area contributed by atoms with Gasteiger partial charge < -0.3 is 0 Å². The normalized spacial score (nSPS) is 27.1. The van der Waals surface area contributed by atoms with Gasteiger partial charge in [-0.05, 0) is 33.2 Å². The number of allylic oxidation sites excluding steroid dienone is 1. The fraction of sp³-hybridized carbons (Fsp3) is 0.290. The highest BCUT2D eigenvalue weighted by Crippen LogP contribution is 2.62. The Kier molecular flexibility index (Phi) is 4.51. The van der Waals surface area contributed by atoms with Crippen molar-refractivity contribution >= 4 is 11.8 Å². The maximum atomic E-state index is 14.1. The fourth-order valence-electron chi connectivity index (χ4n) is 6.37. The lowest BCUT2D eigenvalue weighted by atomic mass is 9.51. The molecule has 170 valence electrons. The predicted octanol–water partition coefficient (Wildman–Crippen LogP) is 5.86. The minimum Gasteiger partial charge on any atom is -0.277 e.